The van der Waals surface area contributed by atoms with Crippen molar-refractivity contribution in [2.75, 3.05) is 13.2 Å². The van der Waals surface area contributed by atoms with E-state index in [1.807, 2.05) is 23.1 Å². The van der Waals surface area contributed by atoms with Crippen molar-refractivity contribution in [3.05, 3.63) is 40.7 Å². The Morgan fingerprint density at radius 3 is 2.72 bits per heavy atom. The van der Waals surface area contributed by atoms with E-state index in [4.69, 9.17) is 9.47 Å². The zero-order chi connectivity index (χ0) is 22.5. The third-order valence-electron chi connectivity index (χ3n) is 6.08. The average molecular weight is 442 g/mol. The van der Waals surface area contributed by atoms with E-state index in [9.17, 15) is 14.4 Å². The third-order valence-corrected chi connectivity index (χ3v) is 6.08. The van der Waals surface area contributed by atoms with Gasteiger partial charge in [0.15, 0.2) is 0 Å². The van der Waals surface area contributed by atoms with Crippen LogP contribution in [-0.2, 0) is 9.53 Å². The van der Waals surface area contributed by atoms with Crippen LogP contribution in [0.5, 0.6) is 5.75 Å². The van der Waals surface area contributed by atoms with Crippen molar-refractivity contribution in [3.63, 3.8) is 0 Å². The van der Waals surface area contributed by atoms with Gasteiger partial charge in [0.25, 0.3) is 0 Å². The molecule has 8 nitrogen and oxygen atoms in total. The first kappa shape index (κ1) is 22.2. The van der Waals surface area contributed by atoms with Crippen LogP contribution in [0.2, 0.25) is 0 Å². The Balaban J connectivity index is 1.26. The number of amides is 2. The molecule has 172 valence electrons. The molecule has 4 rings (SSSR count). The zero-order valence-electron chi connectivity index (χ0n) is 18.5. The number of rotatable bonds is 8. The second-order valence-electron chi connectivity index (χ2n) is 8.64. The van der Waals surface area contributed by atoms with Crippen molar-refractivity contribution in [2.24, 2.45) is 0 Å². The Labute approximate surface area is 187 Å². The van der Waals surface area contributed by atoms with Gasteiger partial charge < -0.3 is 24.7 Å². The van der Waals surface area contributed by atoms with Gasteiger partial charge in [-0.3, -0.25) is 9.59 Å². The van der Waals surface area contributed by atoms with Gasteiger partial charge in [-0.05, 0) is 62.8 Å². The molecular formula is C24H31N3O5. The van der Waals surface area contributed by atoms with Gasteiger partial charge in [0.2, 0.25) is 5.56 Å². The van der Waals surface area contributed by atoms with Crippen LogP contribution in [0.15, 0.2) is 35.1 Å². The maximum Gasteiger partial charge on any atom is 0.318 e. The number of urea groups is 1. The quantitative estimate of drug-likeness (QED) is 0.483. The molecule has 32 heavy (non-hydrogen) atoms. The molecule has 2 aromatic rings. The fourth-order valence-electron chi connectivity index (χ4n) is 4.46. The fraction of sp³-hybridized carbons (Fsp3) is 0.542. The number of H-pyrrole nitrogens is 1. The minimum absolute atomic E-state index is 0.0413. The summed E-state index contributed by atoms with van der Waals surface area (Å²) in [6.07, 6.45) is 6.24. The van der Waals surface area contributed by atoms with Gasteiger partial charge in [0.1, 0.15) is 11.9 Å². The van der Waals surface area contributed by atoms with Gasteiger partial charge in [0, 0.05) is 36.5 Å². The van der Waals surface area contributed by atoms with E-state index in [0.29, 0.717) is 19.6 Å². The van der Waals surface area contributed by atoms with Gasteiger partial charge in [-0.2, -0.15) is 0 Å². The lowest BCUT2D eigenvalue weighted by Crippen LogP contribution is -2.54. The molecule has 0 saturated heterocycles. The summed E-state index contributed by atoms with van der Waals surface area (Å²) in [6, 6.07) is 8.92. The first-order valence-electron chi connectivity index (χ1n) is 11.5. The van der Waals surface area contributed by atoms with Crippen LogP contribution >= 0.6 is 0 Å². The van der Waals surface area contributed by atoms with Crippen molar-refractivity contribution in [3.8, 4) is 5.75 Å². The number of aromatic nitrogens is 1. The molecule has 0 radical (unpaired) electrons. The van der Waals surface area contributed by atoms with Crippen LogP contribution in [0, 0.1) is 0 Å². The number of benzene rings is 1. The molecule has 1 aromatic carbocycles. The largest absolute Gasteiger partial charge is 0.494 e. The molecule has 2 atom stereocenters. The predicted octanol–water partition coefficient (Wildman–Crippen LogP) is 3.35. The standard InChI is InChI=1S/C24H31N3O5/c1-16(28)32-22-6-3-2-5-21(22)27(18-8-9-18)24(30)25-13-4-14-31-19-10-11-20-17(15-19)7-12-23(29)26-20/h7,10-12,15,18,21-22H,2-6,8-9,13-14H2,1H3,(H,25,30)(H,26,29)/t21-,22-/m1/s1. The number of nitrogens with one attached hydrogen (secondary N) is 2. The van der Waals surface area contributed by atoms with E-state index in [-0.39, 0.29) is 35.7 Å². The summed E-state index contributed by atoms with van der Waals surface area (Å²) >= 11 is 0. The second-order valence-corrected chi connectivity index (χ2v) is 8.64. The van der Waals surface area contributed by atoms with Crippen molar-refractivity contribution < 1.29 is 19.1 Å². The summed E-state index contributed by atoms with van der Waals surface area (Å²) < 4.78 is 11.4. The van der Waals surface area contributed by atoms with Crippen molar-refractivity contribution in [1.29, 1.82) is 0 Å². The molecule has 0 unspecified atom stereocenters. The van der Waals surface area contributed by atoms with Crippen LogP contribution in [0.25, 0.3) is 10.9 Å². The van der Waals surface area contributed by atoms with Crippen LogP contribution in [-0.4, -0.2) is 53.2 Å². The van der Waals surface area contributed by atoms with E-state index >= 15 is 0 Å². The maximum atomic E-state index is 13.0. The topological polar surface area (TPSA) is 101 Å². The molecule has 2 N–H and O–H groups in total. The molecule has 1 heterocycles. The van der Waals surface area contributed by atoms with E-state index < -0.39 is 0 Å². The van der Waals surface area contributed by atoms with E-state index in [2.05, 4.69) is 10.3 Å². The first-order chi connectivity index (χ1) is 15.5. The Bertz CT molecular complexity index is 1020. The lowest BCUT2D eigenvalue weighted by molar-refractivity contribution is -0.151. The van der Waals surface area contributed by atoms with Crippen LogP contribution < -0.4 is 15.6 Å². The lowest BCUT2D eigenvalue weighted by Gasteiger charge is -2.39. The molecule has 0 spiro atoms. The summed E-state index contributed by atoms with van der Waals surface area (Å²) in [7, 11) is 0. The summed E-state index contributed by atoms with van der Waals surface area (Å²) in [5, 5.41) is 3.93. The van der Waals surface area contributed by atoms with Crippen molar-refractivity contribution in [1.82, 2.24) is 15.2 Å². The molecule has 2 aliphatic rings. The Hall–Kier alpha value is -3.03. The molecule has 2 saturated carbocycles. The molecule has 0 aliphatic heterocycles. The highest BCUT2D eigenvalue weighted by atomic mass is 16.5. The number of hydrogen-bond acceptors (Lipinski definition) is 5. The van der Waals surface area contributed by atoms with E-state index in [1.165, 1.54) is 13.0 Å². The summed E-state index contributed by atoms with van der Waals surface area (Å²) in [6.45, 7) is 2.41. The summed E-state index contributed by atoms with van der Waals surface area (Å²) in [5.74, 6) is 0.442. The zero-order valence-corrected chi connectivity index (χ0v) is 18.5. The van der Waals surface area contributed by atoms with Gasteiger partial charge in [-0.15, -0.1) is 0 Å². The summed E-state index contributed by atoms with van der Waals surface area (Å²) in [5.41, 5.74) is 0.640. The number of carbonyl (C=O) groups excluding carboxylic acids is 2. The highest BCUT2D eigenvalue weighted by Crippen LogP contribution is 2.35. The van der Waals surface area contributed by atoms with Crippen molar-refractivity contribution in [2.45, 2.75) is 70.1 Å². The minimum atomic E-state index is -0.282. The normalized spacial score (nSPS) is 20.5. The smallest absolute Gasteiger partial charge is 0.318 e. The average Bonchev–Trinajstić information content (AvgIpc) is 3.59. The minimum Gasteiger partial charge on any atom is -0.494 e. The van der Waals surface area contributed by atoms with Crippen LogP contribution in [0.4, 0.5) is 4.79 Å². The number of esters is 1. The molecule has 2 fully saturated rings. The number of hydrogen-bond donors (Lipinski definition) is 2. The SMILES string of the molecule is CC(=O)O[C@@H]1CCCC[C@H]1N(C(=O)NCCCOc1ccc2[nH]c(=O)ccc2c1)C1CC1. The maximum absolute atomic E-state index is 13.0. The second kappa shape index (κ2) is 10.1. The molecule has 8 heteroatoms. The van der Waals surface area contributed by atoms with Crippen LogP contribution in [0.1, 0.15) is 51.9 Å². The number of fused-ring (bicyclic) bond motifs is 1. The van der Waals surface area contributed by atoms with Gasteiger partial charge in [-0.1, -0.05) is 6.42 Å². The van der Waals surface area contributed by atoms with E-state index in [1.54, 1.807) is 6.07 Å². The predicted molar refractivity (Wildman–Crippen MR) is 121 cm³/mol. The number of ether oxygens (including phenoxy) is 2. The number of aromatic amines is 1. The highest BCUT2D eigenvalue weighted by Gasteiger charge is 2.42. The van der Waals surface area contributed by atoms with Gasteiger partial charge in [-0.25, -0.2) is 4.79 Å². The molecule has 2 amide bonds. The molecule has 0 bridgehead atoms. The Kier molecular flexibility index (Phi) is 6.97. The number of carbonyl (C=O) groups is 2. The van der Waals surface area contributed by atoms with Crippen LogP contribution in [0.3, 0.4) is 0 Å². The molecular weight excluding hydrogens is 410 g/mol. The Morgan fingerprint density at radius 1 is 1.12 bits per heavy atom. The monoisotopic (exact) mass is 441 g/mol. The van der Waals surface area contributed by atoms with Crippen molar-refractivity contribution >= 4 is 22.9 Å². The Morgan fingerprint density at radius 2 is 1.94 bits per heavy atom. The number of nitrogens with zero attached hydrogens (tertiary/aromatic N) is 1. The molecule has 2 aliphatic carbocycles. The van der Waals surface area contributed by atoms with Gasteiger partial charge >= 0.3 is 12.0 Å². The van der Waals surface area contributed by atoms with E-state index in [0.717, 1.165) is 55.2 Å². The first-order valence-corrected chi connectivity index (χ1v) is 11.5. The summed E-state index contributed by atoms with van der Waals surface area (Å²) in [4.78, 5) is 40.6. The number of pyridine rings is 1. The fourth-order valence-corrected chi connectivity index (χ4v) is 4.46. The van der Waals surface area contributed by atoms with Gasteiger partial charge in [0.05, 0.1) is 12.6 Å². The third kappa shape index (κ3) is 5.60. The lowest BCUT2D eigenvalue weighted by atomic mass is 9.91. The molecule has 1 aromatic heterocycles. The highest BCUT2D eigenvalue weighted by molar-refractivity contribution is 5.79.